The fraction of sp³-hybridized carbons (Fsp3) is 0.286. The third kappa shape index (κ3) is 3.26. The minimum Gasteiger partial charge on any atom is -0.396 e. The molecule has 0 saturated heterocycles. The zero-order valence-electron chi connectivity index (χ0n) is 10.6. The number of aromatic amines is 1. The van der Waals surface area contributed by atoms with Crippen molar-refractivity contribution >= 4 is 0 Å². The molecule has 1 aromatic carbocycles. The van der Waals surface area contributed by atoms with E-state index in [1.54, 1.807) is 19.1 Å². The molecule has 1 heterocycles. The molecule has 1 aromatic heterocycles. The lowest BCUT2D eigenvalue weighted by atomic mass is 10.1. The van der Waals surface area contributed by atoms with E-state index in [1.165, 1.54) is 12.1 Å². The number of benzene rings is 1. The zero-order valence-corrected chi connectivity index (χ0v) is 10.6. The molecule has 0 saturated carbocycles. The Hall–Kier alpha value is -2.01. The smallest absolute Gasteiger partial charge is 0.254 e. The fourth-order valence-corrected chi connectivity index (χ4v) is 1.95. The molecule has 0 spiro atoms. The van der Waals surface area contributed by atoms with Gasteiger partial charge in [0, 0.05) is 30.7 Å². The maximum Gasteiger partial charge on any atom is 0.254 e. The lowest BCUT2D eigenvalue weighted by Crippen LogP contribution is -2.20. The Morgan fingerprint density at radius 1 is 1.32 bits per heavy atom. The van der Waals surface area contributed by atoms with E-state index in [-0.39, 0.29) is 18.0 Å². The number of rotatable bonds is 4. The van der Waals surface area contributed by atoms with E-state index in [1.807, 2.05) is 0 Å². The Morgan fingerprint density at radius 3 is 2.58 bits per heavy atom. The van der Waals surface area contributed by atoms with Crippen molar-refractivity contribution in [2.45, 2.75) is 19.8 Å². The number of nitrogens with zero attached hydrogens (tertiary/aromatic N) is 1. The predicted molar refractivity (Wildman–Crippen MR) is 69.6 cm³/mol. The van der Waals surface area contributed by atoms with Crippen molar-refractivity contribution in [3.05, 3.63) is 63.1 Å². The zero-order chi connectivity index (χ0) is 13.8. The van der Waals surface area contributed by atoms with Crippen molar-refractivity contribution in [1.29, 1.82) is 0 Å². The number of aryl methyl sites for hydroxylation is 1. The van der Waals surface area contributed by atoms with Gasteiger partial charge in [-0.2, -0.15) is 0 Å². The number of aromatic nitrogens is 2. The number of aliphatic hydroxyl groups is 1. The summed E-state index contributed by atoms with van der Waals surface area (Å²) < 4.78 is 12.8. The Morgan fingerprint density at radius 2 is 2.00 bits per heavy atom. The molecule has 19 heavy (non-hydrogen) atoms. The van der Waals surface area contributed by atoms with E-state index in [2.05, 4.69) is 9.97 Å². The second kappa shape index (κ2) is 5.75. The van der Waals surface area contributed by atoms with Crippen LogP contribution in [0.3, 0.4) is 0 Å². The van der Waals surface area contributed by atoms with Gasteiger partial charge in [-0.1, -0.05) is 12.1 Å². The standard InChI is InChI=1S/C14H15FN2O2/c1-9-12(6-7-18)14(19)17-13(16-9)8-10-2-4-11(15)5-3-10/h2-5,18H,6-8H2,1H3,(H,16,17,19). The molecular formula is C14H15FN2O2. The van der Waals surface area contributed by atoms with Crippen LogP contribution in [0.1, 0.15) is 22.6 Å². The van der Waals surface area contributed by atoms with Gasteiger partial charge < -0.3 is 10.1 Å². The highest BCUT2D eigenvalue weighted by atomic mass is 19.1. The molecule has 2 N–H and O–H groups in total. The molecule has 0 aliphatic carbocycles. The first-order chi connectivity index (χ1) is 9.10. The lowest BCUT2D eigenvalue weighted by Gasteiger charge is -2.06. The summed E-state index contributed by atoms with van der Waals surface area (Å²) in [7, 11) is 0. The third-order valence-electron chi connectivity index (χ3n) is 2.92. The molecule has 0 atom stereocenters. The van der Waals surface area contributed by atoms with Crippen LogP contribution in [0.2, 0.25) is 0 Å². The number of aliphatic hydroxyl groups excluding tert-OH is 1. The first-order valence-corrected chi connectivity index (χ1v) is 6.04. The number of nitrogens with one attached hydrogen (secondary N) is 1. The van der Waals surface area contributed by atoms with Crippen molar-refractivity contribution in [1.82, 2.24) is 9.97 Å². The van der Waals surface area contributed by atoms with E-state index in [4.69, 9.17) is 5.11 Å². The van der Waals surface area contributed by atoms with E-state index < -0.39 is 0 Å². The molecule has 0 radical (unpaired) electrons. The molecule has 0 amide bonds. The van der Waals surface area contributed by atoms with Gasteiger partial charge in [0.25, 0.3) is 5.56 Å². The van der Waals surface area contributed by atoms with Gasteiger partial charge in [0.05, 0.1) is 0 Å². The van der Waals surface area contributed by atoms with Crippen molar-refractivity contribution in [3.8, 4) is 0 Å². The Kier molecular flexibility index (Phi) is 4.06. The highest BCUT2D eigenvalue weighted by Crippen LogP contribution is 2.08. The number of H-pyrrole nitrogens is 1. The number of hydrogen-bond donors (Lipinski definition) is 2. The van der Waals surface area contributed by atoms with Crippen LogP contribution in [0.4, 0.5) is 4.39 Å². The van der Waals surface area contributed by atoms with Crippen LogP contribution < -0.4 is 5.56 Å². The Balaban J connectivity index is 2.27. The molecule has 0 aliphatic heterocycles. The summed E-state index contributed by atoms with van der Waals surface area (Å²) in [6.45, 7) is 1.66. The SMILES string of the molecule is Cc1nc(Cc2ccc(F)cc2)[nH]c(=O)c1CCO. The van der Waals surface area contributed by atoms with Crippen LogP contribution in [-0.2, 0) is 12.8 Å². The summed E-state index contributed by atoms with van der Waals surface area (Å²) in [4.78, 5) is 18.8. The first-order valence-electron chi connectivity index (χ1n) is 6.04. The molecular weight excluding hydrogens is 247 g/mol. The van der Waals surface area contributed by atoms with Gasteiger partial charge in [-0.25, -0.2) is 9.37 Å². The Bertz CT molecular complexity index is 620. The van der Waals surface area contributed by atoms with Gasteiger partial charge in [0.1, 0.15) is 11.6 Å². The number of hydrogen-bond acceptors (Lipinski definition) is 3. The van der Waals surface area contributed by atoms with Crippen LogP contribution in [0.5, 0.6) is 0 Å². The van der Waals surface area contributed by atoms with E-state index >= 15 is 0 Å². The van der Waals surface area contributed by atoms with E-state index in [0.717, 1.165) is 5.56 Å². The predicted octanol–water partition coefficient (Wildman–Crippen LogP) is 1.34. The van der Waals surface area contributed by atoms with Crippen LogP contribution in [0.15, 0.2) is 29.1 Å². The average Bonchev–Trinajstić information content (AvgIpc) is 2.37. The summed E-state index contributed by atoms with van der Waals surface area (Å²) in [5, 5.41) is 8.88. The summed E-state index contributed by atoms with van der Waals surface area (Å²) in [6.07, 6.45) is 0.737. The highest BCUT2D eigenvalue weighted by Gasteiger charge is 2.08. The summed E-state index contributed by atoms with van der Waals surface area (Å²) >= 11 is 0. The van der Waals surface area contributed by atoms with Crippen molar-refractivity contribution in [3.63, 3.8) is 0 Å². The molecule has 0 aliphatic rings. The maximum atomic E-state index is 12.8. The minimum absolute atomic E-state index is 0.0804. The van der Waals surface area contributed by atoms with Gasteiger partial charge in [0.2, 0.25) is 0 Å². The summed E-state index contributed by atoms with van der Waals surface area (Å²) in [6, 6.07) is 6.07. The highest BCUT2D eigenvalue weighted by molar-refractivity contribution is 5.22. The van der Waals surface area contributed by atoms with E-state index in [9.17, 15) is 9.18 Å². The van der Waals surface area contributed by atoms with Crippen LogP contribution in [0.25, 0.3) is 0 Å². The molecule has 0 unspecified atom stereocenters. The van der Waals surface area contributed by atoms with Crippen molar-refractivity contribution in [2.75, 3.05) is 6.61 Å². The molecule has 2 rings (SSSR count). The normalized spacial score (nSPS) is 10.7. The average molecular weight is 262 g/mol. The monoisotopic (exact) mass is 262 g/mol. The fourth-order valence-electron chi connectivity index (χ4n) is 1.95. The third-order valence-corrected chi connectivity index (χ3v) is 2.92. The maximum absolute atomic E-state index is 12.8. The van der Waals surface area contributed by atoms with E-state index in [0.29, 0.717) is 29.9 Å². The van der Waals surface area contributed by atoms with Gasteiger partial charge in [-0.05, 0) is 24.6 Å². The second-order valence-electron chi connectivity index (χ2n) is 4.35. The molecule has 5 heteroatoms. The van der Waals surface area contributed by atoms with Crippen LogP contribution in [-0.4, -0.2) is 21.7 Å². The quantitative estimate of drug-likeness (QED) is 0.874. The van der Waals surface area contributed by atoms with Crippen molar-refractivity contribution < 1.29 is 9.50 Å². The minimum atomic E-state index is -0.292. The molecule has 0 bridgehead atoms. The van der Waals surface area contributed by atoms with Crippen LogP contribution >= 0.6 is 0 Å². The first kappa shape index (κ1) is 13.4. The lowest BCUT2D eigenvalue weighted by molar-refractivity contribution is 0.298. The molecule has 2 aromatic rings. The second-order valence-corrected chi connectivity index (χ2v) is 4.35. The van der Waals surface area contributed by atoms with Gasteiger partial charge in [0.15, 0.2) is 0 Å². The van der Waals surface area contributed by atoms with Crippen LogP contribution in [0, 0.1) is 12.7 Å². The van der Waals surface area contributed by atoms with Gasteiger partial charge >= 0.3 is 0 Å². The van der Waals surface area contributed by atoms with Gasteiger partial charge in [-0.15, -0.1) is 0 Å². The topological polar surface area (TPSA) is 66.0 Å². The van der Waals surface area contributed by atoms with Crippen molar-refractivity contribution in [2.24, 2.45) is 0 Å². The molecule has 4 nitrogen and oxygen atoms in total. The largest absolute Gasteiger partial charge is 0.396 e. The van der Waals surface area contributed by atoms with Gasteiger partial charge in [-0.3, -0.25) is 4.79 Å². The number of halogens is 1. The summed E-state index contributed by atoms with van der Waals surface area (Å²) in [5.41, 5.74) is 1.78. The summed E-state index contributed by atoms with van der Waals surface area (Å²) in [5.74, 6) is 0.246. The Labute approximate surface area is 110 Å². The molecule has 100 valence electrons. The molecule has 0 fully saturated rings.